The second kappa shape index (κ2) is 9.39. The average molecular weight is 458 g/mol. The van der Waals surface area contributed by atoms with Gasteiger partial charge in [-0.25, -0.2) is 9.97 Å². The third-order valence-electron chi connectivity index (χ3n) is 5.48. The molecule has 1 fully saturated rings. The molecule has 0 bridgehead atoms. The number of nitrogens with zero attached hydrogens (tertiary/aromatic N) is 5. The number of carbonyl (C=O) groups is 2. The summed E-state index contributed by atoms with van der Waals surface area (Å²) < 4.78 is 6.98. The van der Waals surface area contributed by atoms with Gasteiger partial charge in [0.05, 0.1) is 42.6 Å². The summed E-state index contributed by atoms with van der Waals surface area (Å²) in [6.07, 6.45) is 6.26. The lowest BCUT2D eigenvalue weighted by Gasteiger charge is -2.30. The number of carbonyl (C=O) groups excluding carboxylic acids is 2. The van der Waals surface area contributed by atoms with Crippen molar-refractivity contribution in [1.29, 1.82) is 0 Å². The number of rotatable bonds is 6. The summed E-state index contributed by atoms with van der Waals surface area (Å²) in [6, 6.07) is 3.34. The molecule has 32 heavy (non-hydrogen) atoms. The van der Waals surface area contributed by atoms with Gasteiger partial charge in [-0.1, -0.05) is 11.6 Å². The number of imidazole rings is 1. The van der Waals surface area contributed by atoms with Crippen LogP contribution in [-0.4, -0.2) is 61.6 Å². The van der Waals surface area contributed by atoms with Crippen molar-refractivity contribution >= 4 is 23.4 Å². The molecule has 0 aliphatic carbocycles. The summed E-state index contributed by atoms with van der Waals surface area (Å²) in [4.78, 5) is 35.4. The first-order valence-corrected chi connectivity index (χ1v) is 10.6. The molecule has 3 aromatic rings. The molecule has 0 aromatic carbocycles. The van der Waals surface area contributed by atoms with Crippen LogP contribution >= 0.6 is 11.6 Å². The summed E-state index contributed by atoms with van der Waals surface area (Å²) >= 11 is 6.23. The predicted molar refractivity (Wildman–Crippen MR) is 117 cm³/mol. The normalized spacial score (nSPS) is 14.4. The van der Waals surface area contributed by atoms with E-state index in [0.717, 1.165) is 5.69 Å². The van der Waals surface area contributed by atoms with Crippen LogP contribution in [0.25, 0.3) is 11.3 Å². The lowest BCUT2D eigenvalue weighted by atomic mass is 9.95. The SMILES string of the molecule is COc1cc(-c2cc(C(=O)N3CCC(C(=O)NCc4cn(C)cn4)CC3)n[nH]2)c(Cl)cn1. The maximum Gasteiger partial charge on any atom is 0.274 e. The monoisotopic (exact) mass is 457 g/mol. The van der Waals surface area contributed by atoms with E-state index in [9.17, 15) is 9.59 Å². The van der Waals surface area contributed by atoms with Crippen LogP contribution in [0.1, 0.15) is 29.0 Å². The van der Waals surface area contributed by atoms with Gasteiger partial charge in [-0.05, 0) is 18.9 Å². The third-order valence-corrected chi connectivity index (χ3v) is 5.78. The number of methoxy groups -OCH3 is 1. The highest BCUT2D eigenvalue weighted by Crippen LogP contribution is 2.29. The van der Waals surface area contributed by atoms with Gasteiger partial charge in [-0.2, -0.15) is 5.10 Å². The van der Waals surface area contributed by atoms with Crippen LogP contribution in [0.3, 0.4) is 0 Å². The van der Waals surface area contributed by atoms with Crippen LogP contribution in [-0.2, 0) is 18.4 Å². The molecule has 0 radical (unpaired) electrons. The van der Waals surface area contributed by atoms with E-state index in [2.05, 4.69) is 25.5 Å². The predicted octanol–water partition coefficient (Wildman–Crippen LogP) is 2.04. The van der Waals surface area contributed by atoms with E-state index in [1.54, 1.807) is 23.4 Å². The number of hydrogen-bond donors (Lipinski definition) is 2. The molecule has 0 spiro atoms. The Morgan fingerprint density at radius 1 is 1.28 bits per heavy atom. The molecule has 11 heteroatoms. The molecule has 4 heterocycles. The Labute approximate surface area is 189 Å². The van der Waals surface area contributed by atoms with Crippen molar-refractivity contribution in [2.45, 2.75) is 19.4 Å². The second-order valence-corrected chi connectivity index (χ2v) is 8.10. The Balaban J connectivity index is 1.33. The number of ether oxygens (including phenoxy) is 1. The van der Waals surface area contributed by atoms with Gasteiger partial charge in [-0.15, -0.1) is 0 Å². The van der Waals surface area contributed by atoms with Gasteiger partial charge >= 0.3 is 0 Å². The van der Waals surface area contributed by atoms with Crippen molar-refractivity contribution in [3.63, 3.8) is 0 Å². The largest absolute Gasteiger partial charge is 0.481 e. The zero-order valence-corrected chi connectivity index (χ0v) is 18.6. The molecule has 1 saturated heterocycles. The maximum absolute atomic E-state index is 12.9. The minimum atomic E-state index is -0.183. The van der Waals surface area contributed by atoms with Gasteiger partial charge in [0.2, 0.25) is 11.8 Å². The van der Waals surface area contributed by atoms with E-state index >= 15 is 0 Å². The van der Waals surface area contributed by atoms with Crippen LogP contribution in [0.15, 0.2) is 30.9 Å². The first-order chi connectivity index (χ1) is 15.4. The van der Waals surface area contributed by atoms with E-state index in [1.165, 1.54) is 13.3 Å². The van der Waals surface area contributed by atoms with E-state index in [-0.39, 0.29) is 17.7 Å². The van der Waals surface area contributed by atoms with Gasteiger partial charge in [0, 0.05) is 43.9 Å². The number of pyridine rings is 1. The van der Waals surface area contributed by atoms with Crippen molar-refractivity contribution in [1.82, 2.24) is 34.9 Å². The molecule has 0 saturated carbocycles. The molecule has 2 N–H and O–H groups in total. The Morgan fingerprint density at radius 3 is 2.75 bits per heavy atom. The fraction of sp³-hybridized carbons (Fsp3) is 0.381. The highest BCUT2D eigenvalue weighted by atomic mass is 35.5. The quantitative estimate of drug-likeness (QED) is 0.584. The molecule has 168 valence electrons. The van der Waals surface area contributed by atoms with Gasteiger partial charge in [-0.3, -0.25) is 14.7 Å². The summed E-state index contributed by atoms with van der Waals surface area (Å²) in [5.41, 5.74) is 2.36. The zero-order chi connectivity index (χ0) is 22.7. The number of nitrogens with one attached hydrogen (secondary N) is 2. The maximum atomic E-state index is 12.9. The number of aromatic amines is 1. The lowest BCUT2D eigenvalue weighted by Crippen LogP contribution is -2.43. The van der Waals surface area contributed by atoms with E-state index in [1.807, 2.05) is 17.8 Å². The minimum absolute atomic E-state index is 0.00826. The first kappa shape index (κ1) is 21.8. The molecule has 1 aliphatic heterocycles. The Bertz CT molecular complexity index is 1120. The second-order valence-electron chi connectivity index (χ2n) is 7.69. The molecular weight excluding hydrogens is 434 g/mol. The Morgan fingerprint density at radius 2 is 2.06 bits per heavy atom. The summed E-state index contributed by atoms with van der Waals surface area (Å²) in [7, 11) is 3.40. The summed E-state index contributed by atoms with van der Waals surface area (Å²) in [5, 5.41) is 10.4. The number of aryl methyl sites for hydroxylation is 1. The summed E-state index contributed by atoms with van der Waals surface area (Å²) in [5.74, 6) is 0.0962. The minimum Gasteiger partial charge on any atom is -0.481 e. The number of piperidine rings is 1. The first-order valence-electron chi connectivity index (χ1n) is 10.2. The number of H-pyrrole nitrogens is 1. The highest BCUT2D eigenvalue weighted by Gasteiger charge is 2.29. The fourth-order valence-electron chi connectivity index (χ4n) is 3.69. The molecule has 0 unspecified atom stereocenters. The summed E-state index contributed by atoms with van der Waals surface area (Å²) in [6.45, 7) is 1.39. The van der Waals surface area contributed by atoms with Gasteiger partial charge in [0.15, 0.2) is 5.69 Å². The van der Waals surface area contributed by atoms with Crippen molar-refractivity contribution in [2.24, 2.45) is 13.0 Å². The molecule has 1 aliphatic rings. The topological polar surface area (TPSA) is 118 Å². The molecule has 3 aromatic heterocycles. The van der Waals surface area contributed by atoms with Crippen LogP contribution < -0.4 is 10.1 Å². The van der Waals surface area contributed by atoms with Crippen molar-refractivity contribution in [2.75, 3.05) is 20.2 Å². The standard InChI is InChI=1S/C21H24ClN7O3/c1-28-11-14(25-12-28)9-24-20(30)13-3-5-29(6-4-13)21(31)18-8-17(26-27-18)15-7-19(32-2)23-10-16(15)22/h7-8,10-13H,3-6,9H2,1-2H3,(H,24,30)(H,26,27). The van der Waals surface area contributed by atoms with Gasteiger partial charge < -0.3 is 19.5 Å². The highest BCUT2D eigenvalue weighted by molar-refractivity contribution is 6.33. The number of likely N-dealkylation sites (tertiary alicyclic amines) is 1. The van der Waals surface area contributed by atoms with Crippen LogP contribution in [0.4, 0.5) is 0 Å². The fourth-order valence-corrected chi connectivity index (χ4v) is 3.90. The van der Waals surface area contributed by atoms with E-state index in [0.29, 0.717) is 60.3 Å². The van der Waals surface area contributed by atoms with Gasteiger partial charge in [0.25, 0.3) is 5.91 Å². The van der Waals surface area contributed by atoms with Crippen LogP contribution in [0.5, 0.6) is 5.88 Å². The smallest absolute Gasteiger partial charge is 0.274 e. The van der Waals surface area contributed by atoms with E-state index < -0.39 is 0 Å². The van der Waals surface area contributed by atoms with Crippen molar-refractivity contribution in [3.8, 4) is 17.1 Å². The van der Waals surface area contributed by atoms with E-state index in [4.69, 9.17) is 16.3 Å². The van der Waals surface area contributed by atoms with Crippen molar-refractivity contribution < 1.29 is 14.3 Å². The lowest BCUT2D eigenvalue weighted by molar-refractivity contribution is -0.126. The van der Waals surface area contributed by atoms with Crippen LogP contribution in [0.2, 0.25) is 5.02 Å². The van der Waals surface area contributed by atoms with Crippen molar-refractivity contribution in [3.05, 3.63) is 47.3 Å². The molecule has 0 atom stereocenters. The number of hydrogen-bond acceptors (Lipinski definition) is 6. The molecular formula is C21H24ClN7O3. The average Bonchev–Trinajstić information content (AvgIpc) is 3.46. The molecule has 10 nitrogen and oxygen atoms in total. The molecule has 4 rings (SSSR count). The number of halogens is 1. The Hall–Kier alpha value is -3.40. The van der Waals surface area contributed by atoms with Gasteiger partial charge in [0.1, 0.15) is 0 Å². The zero-order valence-electron chi connectivity index (χ0n) is 17.8. The number of aromatic nitrogens is 5. The Kier molecular flexibility index (Phi) is 6.40. The number of amides is 2. The third kappa shape index (κ3) is 4.75. The molecule has 2 amide bonds. The van der Waals surface area contributed by atoms with Crippen LogP contribution in [0, 0.1) is 5.92 Å².